The summed E-state index contributed by atoms with van der Waals surface area (Å²) in [6, 6.07) is 5.57. The molecule has 0 aliphatic rings. The third-order valence-electron chi connectivity index (χ3n) is 6.49. The van der Waals surface area contributed by atoms with Gasteiger partial charge in [-0.2, -0.15) is 0 Å². The van der Waals surface area contributed by atoms with Gasteiger partial charge in [0, 0.05) is 24.2 Å². The van der Waals surface area contributed by atoms with E-state index in [1.807, 2.05) is 12.1 Å². The van der Waals surface area contributed by atoms with E-state index in [1.54, 1.807) is 6.07 Å². The van der Waals surface area contributed by atoms with Crippen molar-refractivity contribution in [2.75, 3.05) is 52.4 Å². The maximum atomic E-state index is 12.9. The molecule has 1 aromatic rings. The van der Waals surface area contributed by atoms with E-state index in [1.165, 1.54) is 0 Å². The Morgan fingerprint density at radius 3 is 1.38 bits per heavy atom. The van der Waals surface area contributed by atoms with Gasteiger partial charge in [0.2, 0.25) is 0 Å². The molecule has 0 radical (unpaired) electrons. The van der Waals surface area contributed by atoms with Gasteiger partial charge in [0.05, 0.1) is 0 Å². The predicted octanol–water partition coefficient (Wildman–Crippen LogP) is 4.69. The fraction of sp³-hybridized carbons (Fsp3) is 0.714. The number of benzene rings is 1. The van der Waals surface area contributed by atoms with Gasteiger partial charge in [0.25, 0.3) is 11.8 Å². The molecule has 0 aliphatic heterocycles. The summed E-state index contributed by atoms with van der Waals surface area (Å²) < 4.78 is 0. The highest BCUT2D eigenvalue weighted by atomic mass is 16.2. The van der Waals surface area contributed by atoms with Gasteiger partial charge in [0.1, 0.15) is 0 Å². The highest BCUT2D eigenvalue weighted by Crippen LogP contribution is 2.25. The second-order valence-electron chi connectivity index (χ2n) is 10.0. The van der Waals surface area contributed by atoms with E-state index in [0.717, 1.165) is 70.5 Å². The topological polar surface area (TPSA) is 64.7 Å². The first kappa shape index (κ1) is 30.1. The molecule has 34 heavy (non-hydrogen) atoms. The van der Waals surface area contributed by atoms with Crippen LogP contribution in [0.4, 0.5) is 0 Å². The Labute approximate surface area is 208 Å². The number of carbonyl (C=O) groups excluding carboxylic acids is 2. The summed E-state index contributed by atoms with van der Waals surface area (Å²) in [6.45, 7) is 22.6. The molecule has 0 fully saturated rings. The zero-order valence-corrected chi connectivity index (χ0v) is 22.9. The van der Waals surface area contributed by atoms with Crippen molar-refractivity contribution in [1.29, 1.82) is 0 Å². The van der Waals surface area contributed by atoms with Crippen molar-refractivity contribution >= 4 is 11.8 Å². The quantitative estimate of drug-likeness (QED) is 0.341. The SMILES string of the molecule is CCN(CC)CCCCNC(=O)c1cc(C(=O)NCCCCN(CC)CC)cc(C(C)(C)C)c1. The zero-order chi connectivity index (χ0) is 25.6. The minimum Gasteiger partial charge on any atom is -0.352 e. The molecule has 0 heterocycles. The normalized spacial score (nSPS) is 11.8. The first-order chi connectivity index (χ1) is 16.2. The van der Waals surface area contributed by atoms with Gasteiger partial charge in [-0.15, -0.1) is 0 Å². The number of nitrogens with zero attached hydrogens (tertiary/aromatic N) is 2. The van der Waals surface area contributed by atoms with Gasteiger partial charge in [-0.25, -0.2) is 0 Å². The Hall–Kier alpha value is -1.92. The van der Waals surface area contributed by atoms with Gasteiger partial charge in [-0.3, -0.25) is 9.59 Å². The van der Waals surface area contributed by atoms with Crippen LogP contribution in [0.3, 0.4) is 0 Å². The van der Waals surface area contributed by atoms with Crippen LogP contribution in [0.25, 0.3) is 0 Å². The summed E-state index contributed by atoms with van der Waals surface area (Å²) in [5.41, 5.74) is 1.96. The van der Waals surface area contributed by atoms with Gasteiger partial charge < -0.3 is 20.4 Å². The van der Waals surface area contributed by atoms with Crippen molar-refractivity contribution in [3.05, 3.63) is 34.9 Å². The van der Waals surface area contributed by atoms with Crippen molar-refractivity contribution in [1.82, 2.24) is 20.4 Å². The Morgan fingerprint density at radius 2 is 1.06 bits per heavy atom. The lowest BCUT2D eigenvalue weighted by atomic mass is 9.85. The molecule has 2 amide bonds. The molecule has 2 N–H and O–H groups in total. The molecule has 1 rings (SSSR count). The lowest BCUT2D eigenvalue weighted by Crippen LogP contribution is -2.29. The van der Waals surface area contributed by atoms with Crippen molar-refractivity contribution in [3.8, 4) is 0 Å². The average molecular weight is 475 g/mol. The van der Waals surface area contributed by atoms with Gasteiger partial charge >= 0.3 is 0 Å². The lowest BCUT2D eigenvalue weighted by molar-refractivity contribution is 0.0952. The number of amides is 2. The van der Waals surface area contributed by atoms with Gasteiger partial charge in [-0.1, -0.05) is 48.5 Å². The summed E-state index contributed by atoms with van der Waals surface area (Å²) in [5, 5.41) is 6.08. The Bertz CT molecular complexity index is 682. The molecule has 0 bridgehead atoms. The van der Waals surface area contributed by atoms with Gasteiger partial charge in [-0.05, 0) is 94.1 Å². The second kappa shape index (κ2) is 15.9. The largest absolute Gasteiger partial charge is 0.352 e. The van der Waals surface area contributed by atoms with Crippen LogP contribution in [0, 0.1) is 0 Å². The van der Waals surface area contributed by atoms with Crippen molar-refractivity contribution in [2.24, 2.45) is 0 Å². The molecule has 0 atom stereocenters. The van der Waals surface area contributed by atoms with Crippen LogP contribution in [0.15, 0.2) is 18.2 Å². The van der Waals surface area contributed by atoms with Crippen LogP contribution >= 0.6 is 0 Å². The molecule has 0 aromatic heterocycles. The minimum atomic E-state index is -0.154. The van der Waals surface area contributed by atoms with E-state index in [2.05, 4.69) is 68.9 Å². The maximum Gasteiger partial charge on any atom is 0.251 e. The molecule has 0 saturated heterocycles. The highest BCUT2D eigenvalue weighted by molar-refractivity contribution is 6.00. The average Bonchev–Trinajstić information content (AvgIpc) is 2.82. The lowest BCUT2D eigenvalue weighted by Gasteiger charge is -2.21. The fourth-order valence-corrected chi connectivity index (χ4v) is 3.93. The Kier molecular flexibility index (Phi) is 14.1. The molecule has 0 saturated carbocycles. The Morgan fingerprint density at radius 1 is 0.676 bits per heavy atom. The summed E-state index contributed by atoms with van der Waals surface area (Å²) >= 11 is 0. The summed E-state index contributed by atoms with van der Waals surface area (Å²) in [4.78, 5) is 30.5. The third kappa shape index (κ3) is 11.0. The van der Waals surface area contributed by atoms with E-state index in [9.17, 15) is 9.59 Å². The highest BCUT2D eigenvalue weighted by Gasteiger charge is 2.19. The zero-order valence-electron chi connectivity index (χ0n) is 22.9. The van der Waals surface area contributed by atoms with E-state index in [-0.39, 0.29) is 17.2 Å². The molecule has 194 valence electrons. The first-order valence-electron chi connectivity index (χ1n) is 13.3. The van der Waals surface area contributed by atoms with Crippen molar-refractivity contribution in [3.63, 3.8) is 0 Å². The smallest absolute Gasteiger partial charge is 0.251 e. The van der Waals surface area contributed by atoms with Crippen LogP contribution in [-0.2, 0) is 5.41 Å². The Balaban J connectivity index is 2.70. The summed E-state index contributed by atoms with van der Waals surface area (Å²) in [7, 11) is 0. The van der Waals surface area contributed by atoms with Crippen LogP contribution in [0.1, 0.15) is 100 Å². The number of hydrogen-bond donors (Lipinski definition) is 2. The van der Waals surface area contributed by atoms with Crippen LogP contribution in [-0.4, -0.2) is 74.0 Å². The van der Waals surface area contributed by atoms with Crippen molar-refractivity contribution in [2.45, 2.75) is 79.6 Å². The maximum absolute atomic E-state index is 12.9. The molecule has 1 aromatic carbocycles. The molecule has 0 unspecified atom stereocenters. The van der Waals surface area contributed by atoms with E-state index < -0.39 is 0 Å². The second-order valence-corrected chi connectivity index (χ2v) is 10.0. The summed E-state index contributed by atoms with van der Waals surface area (Å²) in [5.74, 6) is -0.218. The minimum absolute atomic E-state index is 0.109. The van der Waals surface area contributed by atoms with Crippen molar-refractivity contribution < 1.29 is 9.59 Å². The first-order valence-corrected chi connectivity index (χ1v) is 13.3. The monoisotopic (exact) mass is 474 g/mol. The third-order valence-corrected chi connectivity index (χ3v) is 6.49. The predicted molar refractivity (Wildman–Crippen MR) is 144 cm³/mol. The fourth-order valence-electron chi connectivity index (χ4n) is 3.93. The van der Waals surface area contributed by atoms with E-state index >= 15 is 0 Å². The summed E-state index contributed by atoms with van der Waals surface area (Å²) in [6.07, 6.45) is 4.02. The molecule has 6 heteroatoms. The number of nitrogens with one attached hydrogen (secondary N) is 2. The van der Waals surface area contributed by atoms with Crippen LogP contribution in [0.2, 0.25) is 0 Å². The molecular formula is C28H50N4O2. The molecule has 0 spiro atoms. The molecule has 6 nitrogen and oxygen atoms in total. The van der Waals surface area contributed by atoms with Crippen LogP contribution in [0.5, 0.6) is 0 Å². The number of unbranched alkanes of at least 4 members (excludes halogenated alkanes) is 2. The molecule has 0 aliphatic carbocycles. The van der Waals surface area contributed by atoms with Gasteiger partial charge in [0.15, 0.2) is 0 Å². The van der Waals surface area contributed by atoms with E-state index in [0.29, 0.717) is 24.2 Å². The standard InChI is InChI=1S/C28H50N4O2/c1-8-31(9-2)18-14-12-16-29-26(33)23-20-24(22-25(21-23)28(5,6)7)27(34)30-17-13-15-19-32(10-3)11-4/h20-22H,8-19H2,1-7H3,(H,29,33)(H,30,34). The van der Waals surface area contributed by atoms with E-state index in [4.69, 9.17) is 0 Å². The molecular weight excluding hydrogens is 424 g/mol. The number of hydrogen-bond acceptors (Lipinski definition) is 4. The number of carbonyl (C=O) groups is 2. The van der Waals surface area contributed by atoms with Crippen LogP contribution < -0.4 is 10.6 Å². The number of rotatable bonds is 16.